The highest BCUT2D eigenvalue weighted by Crippen LogP contribution is 2.37. The third kappa shape index (κ3) is 5.62. The van der Waals surface area contributed by atoms with Gasteiger partial charge in [-0.3, -0.25) is 4.79 Å². The molecule has 0 fully saturated rings. The molecule has 6 rings (SSSR count). The summed E-state index contributed by atoms with van der Waals surface area (Å²) >= 11 is 12.8. The Morgan fingerprint density at radius 2 is 1.83 bits per heavy atom. The third-order valence-electron chi connectivity index (χ3n) is 6.57. The van der Waals surface area contributed by atoms with Crippen molar-refractivity contribution in [2.24, 2.45) is 5.10 Å². The zero-order valence-electron chi connectivity index (χ0n) is 22.8. The van der Waals surface area contributed by atoms with Gasteiger partial charge in [-0.2, -0.15) is 9.78 Å². The number of aromatic nitrogens is 2. The molecular weight excluding hydrogens is 573 g/mol. The van der Waals surface area contributed by atoms with Crippen molar-refractivity contribution in [1.29, 1.82) is 0 Å². The van der Waals surface area contributed by atoms with E-state index in [1.54, 1.807) is 54.6 Å². The van der Waals surface area contributed by atoms with E-state index in [1.165, 1.54) is 10.9 Å². The van der Waals surface area contributed by atoms with Gasteiger partial charge in [0, 0.05) is 10.4 Å². The lowest BCUT2D eigenvalue weighted by atomic mass is 10.1. The number of benzene rings is 4. The van der Waals surface area contributed by atoms with Gasteiger partial charge >= 0.3 is 0 Å². The van der Waals surface area contributed by atoms with E-state index in [2.05, 4.69) is 11.2 Å². The van der Waals surface area contributed by atoms with E-state index in [0.29, 0.717) is 62.6 Å². The van der Waals surface area contributed by atoms with E-state index in [4.69, 9.17) is 42.1 Å². The Hall–Kier alpha value is -4.59. The quantitative estimate of drug-likeness (QED) is 0.165. The summed E-state index contributed by atoms with van der Waals surface area (Å²) in [6.45, 7) is 4.65. The Morgan fingerprint density at radius 3 is 2.67 bits per heavy atom. The lowest BCUT2D eigenvalue weighted by molar-refractivity contribution is 0.269. The van der Waals surface area contributed by atoms with E-state index >= 15 is 0 Å². The molecule has 0 atom stereocenters. The molecule has 0 aliphatic rings. The molecule has 210 valence electrons. The van der Waals surface area contributed by atoms with Crippen LogP contribution in [0, 0.1) is 6.92 Å². The minimum absolute atomic E-state index is 0.247. The first-order chi connectivity index (χ1) is 20.4. The predicted molar refractivity (Wildman–Crippen MR) is 167 cm³/mol. The minimum Gasteiger partial charge on any atom is -0.490 e. The second kappa shape index (κ2) is 11.7. The smallest absolute Gasteiger partial charge is 0.282 e. The highest BCUT2D eigenvalue weighted by atomic mass is 35.5. The van der Waals surface area contributed by atoms with Crippen molar-refractivity contribution >= 4 is 51.3 Å². The van der Waals surface area contributed by atoms with Crippen molar-refractivity contribution in [1.82, 2.24) is 9.66 Å². The number of ether oxygens (including phenoxy) is 2. The van der Waals surface area contributed by atoms with Crippen LogP contribution in [0.15, 0.2) is 99.2 Å². The maximum atomic E-state index is 13.6. The minimum atomic E-state index is -0.348. The van der Waals surface area contributed by atoms with Crippen molar-refractivity contribution in [2.75, 3.05) is 6.61 Å². The maximum absolute atomic E-state index is 13.6. The Balaban J connectivity index is 1.40. The Kier molecular flexibility index (Phi) is 7.69. The zero-order valence-corrected chi connectivity index (χ0v) is 24.3. The molecule has 9 heteroatoms. The van der Waals surface area contributed by atoms with Crippen molar-refractivity contribution in [3.05, 3.63) is 122 Å². The van der Waals surface area contributed by atoms with Crippen molar-refractivity contribution in [3.63, 3.8) is 0 Å². The maximum Gasteiger partial charge on any atom is 0.282 e. The predicted octanol–water partition coefficient (Wildman–Crippen LogP) is 8.28. The third-order valence-corrected chi connectivity index (χ3v) is 7.09. The zero-order chi connectivity index (χ0) is 29.2. The fourth-order valence-corrected chi connectivity index (χ4v) is 5.12. The Bertz CT molecular complexity index is 2030. The van der Waals surface area contributed by atoms with Gasteiger partial charge in [0.05, 0.1) is 28.7 Å². The second-order valence-electron chi connectivity index (χ2n) is 9.65. The molecule has 0 unspecified atom stereocenters. The number of fused-ring (bicyclic) bond motifs is 2. The number of furan rings is 1. The van der Waals surface area contributed by atoms with Gasteiger partial charge in [-0.05, 0) is 73.5 Å². The van der Waals surface area contributed by atoms with E-state index in [1.807, 2.05) is 38.1 Å². The summed E-state index contributed by atoms with van der Waals surface area (Å²) in [4.78, 5) is 18.3. The van der Waals surface area contributed by atoms with Crippen LogP contribution in [-0.2, 0) is 6.61 Å². The molecule has 0 saturated heterocycles. The van der Waals surface area contributed by atoms with Gasteiger partial charge < -0.3 is 13.9 Å². The molecule has 42 heavy (non-hydrogen) atoms. The number of hydrogen-bond acceptors (Lipinski definition) is 6. The van der Waals surface area contributed by atoms with Crippen LogP contribution in [0.25, 0.3) is 33.5 Å². The number of halogens is 2. The lowest BCUT2D eigenvalue weighted by Crippen LogP contribution is -2.20. The van der Waals surface area contributed by atoms with Crippen LogP contribution in [0.5, 0.6) is 11.5 Å². The molecule has 0 aliphatic heterocycles. The van der Waals surface area contributed by atoms with Crippen molar-refractivity contribution in [2.45, 2.75) is 20.5 Å². The Morgan fingerprint density at radius 1 is 0.976 bits per heavy atom. The second-order valence-corrected chi connectivity index (χ2v) is 10.5. The van der Waals surface area contributed by atoms with Crippen LogP contribution in [0.4, 0.5) is 0 Å². The van der Waals surface area contributed by atoms with Crippen LogP contribution >= 0.6 is 23.2 Å². The fourth-order valence-electron chi connectivity index (χ4n) is 4.66. The molecule has 0 saturated carbocycles. The average Bonchev–Trinajstić information content (AvgIpc) is 3.39. The van der Waals surface area contributed by atoms with Gasteiger partial charge in [0.1, 0.15) is 12.2 Å². The largest absolute Gasteiger partial charge is 0.490 e. The first kappa shape index (κ1) is 27.6. The van der Waals surface area contributed by atoms with Crippen LogP contribution in [0.2, 0.25) is 10.0 Å². The number of nitrogens with zero attached hydrogens (tertiary/aromatic N) is 3. The topological polar surface area (TPSA) is 78.9 Å². The van der Waals surface area contributed by atoms with Gasteiger partial charge in [-0.15, -0.1) is 0 Å². The van der Waals surface area contributed by atoms with E-state index < -0.39 is 0 Å². The highest BCUT2D eigenvalue weighted by molar-refractivity contribution is 6.32. The molecule has 0 spiro atoms. The van der Waals surface area contributed by atoms with E-state index in [0.717, 1.165) is 16.5 Å². The average molecular weight is 598 g/mol. The lowest BCUT2D eigenvalue weighted by Gasteiger charge is -2.15. The summed E-state index contributed by atoms with van der Waals surface area (Å²) < 4.78 is 19.2. The first-order valence-electron chi connectivity index (χ1n) is 13.3. The molecule has 0 N–H and O–H groups in total. The molecule has 2 heterocycles. The fraction of sp³-hybridized carbons (Fsp3) is 0.121. The van der Waals surface area contributed by atoms with Gasteiger partial charge in [0.15, 0.2) is 17.3 Å². The summed E-state index contributed by atoms with van der Waals surface area (Å²) in [7, 11) is 0. The van der Waals surface area contributed by atoms with E-state index in [9.17, 15) is 4.79 Å². The molecule has 0 radical (unpaired) electrons. The number of aryl methyl sites for hydroxylation is 1. The number of para-hydroxylation sites is 1. The SMILES string of the molecule is CCOc1cc(C=Nn2c(-c3cc4cc(Cl)ccc4o3)nc3ccccc3c2=O)cc(Cl)c1OCc1cccc(C)c1. The molecule has 7 nitrogen and oxygen atoms in total. The van der Waals surface area contributed by atoms with Gasteiger partial charge in [0.2, 0.25) is 5.82 Å². The van der Waals surface area contributed by atoms with Crippen LogP contribution in [-0.4, -0.2) is 22.5 Å². The summed E-state index contributed by atoms with van der Waals surface area (Å²) in [5, 5.41) is 6.67. The molecule has 0 bridgehead atoms. The van der Waals surface area contributed by atoms with Gasteiger partial charge in [0.25, 0.3) is 5.56 Å². The van der Waals surface area contributed by atoms with Gasteiger partial charge in [-0.25, -0.2) is 4.98 Å². The number of rotatable bonds is 8. The standard InChI is InChI=1S/C33H25Cl2N3O4/c1-3-40-29-15-22(14-26(35)31(29)41-19-21-8-6-7-20(2)13-21)18-36-38-32(37-27-10-5-4-9-25(27)33(38)39)30-17-23-16-24(34)11-12-28(23)42-30/h4-18H,3,19H2,1-2H3. The summed E-state index contributed by atoms with van der Waals surface area (Å²) in [6.07, 6.45) is 1.53. The normalized spacial score (nSPS) is 11.5. The van der Waals surface area contributed by atoms with E-state index in [-0.39, 0.29) is 11.4 Å². The summed E-state index contributed by atoms with van der Waals surface area (Å²) in [5.41, 5.74) is 3.56. The highest BCUT2D eigenvalue weighted by Gasteiger charge is 2.17. The molecule has 6 aromatic rings. The van der Waals surface area contributed by atoms with Crippen LogP contribution in [0.3, 0.4) is 0 Å². The molecule has 4 aromatic carbocycles. The van der Waals surface area contributed by atoms with Crippen molar-refractivity contribution in [3.8, 4) is 23.1 Å². The molecule has 0 aliphatic carbocycles. The number of hydrogen-bond donors (Lipinski definition) is 0. The summed E-state index contributed by atoms with van der Waals surface area (Å²) in [5.74, 6) is 1.53. The molecular formula is C33H25Cl2N3O4. The van der Waals surface area contributed by atoms with Crippen LogP contribution in [0.1, 0.15) is 23.6 Å². The summed E-state index contributed by atoms with van der Waals surface area (Å²) in [6, 6.07) is 25.7. The Labute approximate surface area is 251 Å². The monoisotopic (exact) mass is 597 g/mol. The van der Waals surface area contributed by atoms with Crippen LogP contribution < -0.4 is 15.0 Å². The molecule has 2 aromatic heterocycles. The molecule has 0 amide bonds. The first-order valence-corrected chi connectivity index (χ1v) is 14.1. The van der Waals surface area contributed by atoms with Crippen molar-refractivity contribution < 1.29 is 13.9 Å². The van der Waals surface area contributed by atoms with Gasteiger partial charge in [-0.1, -0.05) is 65.2 Å².